The molecule has 2 fully saturated rings. The Kier molecular flexibility index (Phi) is 3.89. The molecule has 1 saturated carbocycles. The van der Waals surface area contributed by atoms with E-state index >= 15 is 0 Å². The molecular formula is C17H25BO3. The fraction of sp³-hybridized carbons (Fsp3) is 0.647. The molecule has 0 amide bonds. The van der Waals surface area contributed by atoms with E-state index in [0.29, 0.717) is 6.61 Å². The first-order chi connectivity index (χ1) is 9.87. The molecule has 2 aliphatic rings. The summed E-state index contributed by atoms with van der Waals surface area (Å²) in [4.78, 5) is 0. The number of hydrogen-bond donors (Lipinski definition) is 0. The Hall–Kier alpha value is -0.835. The lowest BCUT2D eigenvalue weighted by molar-refractivity contribution is 0.00578. The summed E-state index contributed by atoms with van der Waals surface area (Å²) in [5.74, 6) is 0.802. The van der Waals surface area contributed by atoms with E-state index in [2.05, 4.69) is 52.0 Å². The van der Waals surface area contributed by atoms with Crippen molar-refractivity contribution in [3.05, 3.63) is 29.8 Å². The second-order valence-corrected chi connectivity index (χ2v) is 7.29. The summed E-state index contributed by atoms with van der Waals surface area (Å²) >= 11 is 0. The maximum atomic E-state index is 6.09. The van der Waals surface area contributed by atoms with Gasteiger partial charge in [0.1, 0.15) is 0 Å². The Bertz CT molecular complexity index is 493. The summed E-state index contributed by atoms with van der Waals surface area (Å²) in [6.07, 6.45) is 2.65. The third-order valence-electron chi connectivity index (χ3n) is 4.80. The Morgan fingerprint density at radius 3 is 2.43 bits per heavy atom. The maximum absolute atomic E-state index is 6.09. The lowest BCUT2D eigenvalue weighted by atomic mass is 9.78. The summed E-state index contributed by atoms with van der Waals surface area (Å²) in [6, 6.07) is 8.35. The third kappa shape index (κ3) is 3.33. The van der Waals surface area contributed by atoms with Crippen LogP contribution in [0.1, 0.15) is 46.1 Å². The van der Waals surface area contributed by atoms with Gasteiger partial charge in [-0.1, -0.05) is 24.3 Å². The predicted octanol–water partition coefficient (Wildman–Crippen LogP) is 2.91. The quantitative estimate of drug-likeness (QED) is 0.780. The molecule has 3 nitrogen and oxygen atoms in total. The van der Waals surface area contributed by atoms with Crippen LogP contribution in [-0.4, -0.2) is 24.9 Å². The van der Waals surface area contributed by atoms with Gasteiger partial charge in [-0.05, 0) is 57.5 Å². The van der Waals surface area contributed by atoms with Crippen LogP contribution in [0.3, 0.4) is 0 Å². The van der Waals surface area contributed by atoms with E-state index in [4.69, 9.17) is 14.0 Å². The third-order valence-corrected chi connectivity index (χ3v) is 4.80. The summed E-state index contributed by atoms with van der Waals surface area (Å²) in [5.41, 5.74) is 1.66. The van der Waals surface area contributed by atoms with Gasteiger partial charge < -0.3 is 14.0 Å². The van der Waals surface area contributed by atoms with Gasteiger partial charge in [0.05, 0.1) is 17.8 Å². The molecule has 4 heteroatoms. The zero-order valence-corrected chi connectivity index (χ0v) is 13.5. The van der Waals surface area contributed by atoms with Crippen LogP contribution < -0.4 is 5.46 Å². The molecule has 0 N–H and O–H groups in total. The molecule has 0 unspecified atom stereocenters. The molecule has 0 radical (unpaired) electrons. The molecule has 114 valence electrons. The van der Waals surface area contributed by atoms with Crippen molar-refractivity contribution in [2.24, 2.45) is 5.92 Å². The summed E-state index contributed by atoms with van der Waals surface area (Å²) < 4.78 is 18.0. The summed E-state index contributed by atoms with van der Waals surface area (Å²) in [6.45, 7) is 9.88. The van der Waals surface area contributed by atoms with Gasteiger partial charge in [0, 0.05) is 6.61 Å². The molecule has 0 spiro atoms. The second kappa shape index (κ2) is 5.42. The van der Waals surface area contributed by atoms with Crippen molar-refractivity contribution in [2.45, 2.75) is 58.3 Å². The van der Waals surface area contributed by atoms with Crippen molar-refractivity contribution < 1.29 is 14.0 Å². The number of hydrogen-bond acceptors (Lipinski definition) is 3. The van der Waals surface area contributed by atoms with E-state index in [1.807, 2.05) is 0 Å². The van der Waals surface area contributed by atoms with E-state index in [1.54, 1.807) is 0 Å². The molecule has 1 saturated heterocycles. The molecule has 1 heterocycles. The van der Waals surface area contributed by atoms with Crippen molar-refractivity contribution in [3.8, 4) is 0 Å². The predicted molar refractivity (Wildman–Crippen MR) is 84.5 cm³/mol. The lowest BCUT2D eigenvalue weighted by Gasteiger charge is -2.32. The Morgan fingerprint density at radius 2 is 1.81 bits per heavy atom. The van der Waals surface area contributed by atoms with Crippen LogP contribution in [0.2, 0.25) is 0 Å². The van der Waals surface area contributed by atoms with E-state index in [0.717, 1.165) is 18.0 Å². The van der Waals surface area contributed by atoms with Crippen LogP contribution in [0.15, 0.2) is 24.3 Å². The van der Waals surface area contributed by atoms with Crippen LogP contribution >= 0.6 is 0 Å². The highest BCUT2D eigenvalue weighted by Crippen LogP contribution is 2.36. The number of rotatable bonds is 5. The van der Waals surface area contributed by atoms with Gasteiger partial charge in [0.25, 0.3) is 0 Å². The molecule has 21 heavy (non-hydrogen) atoms. The van der Waals surface area contributed by atoms with Crippen molar-refractivity contribution in [1.82, 2.24) is 0 Å². The summed E-state index contributed by atoms with van der Waals surface area (Å²) in [7, 11) is -0.293. The van der Waals surface area contributed by atoms with Crippen molar-refractivity contribution >= 4 is 12.6 Å². The second-order valence-electron chi connectivity index (χ2n) is 7.29. The lowest BCUT2D eigenvalue weighted by Crippen LogP contribution is -2.41. The Balaban J connectivity index is 1.65. The molecular weight excluding hydrogens is 263 g/mol. The first-order valence-electron chi connectivity index (χ1n) is 7.90. The fourth-order valence-corrected chi connectivity index (χ4v) is 2.44. The van der Waals surface area contributed by atoms with E-state index in [9.17, 15) is 0 Å². The summed E-state index contributed by atoms with van der Waals surface area (Å²) in [5, 5.41) is 0. The average Bonchev–Trinajstić information content (AvgIpc) is 3.18. The Morgan fingerprint density at radius 1 is 1.14 bits per heavy atom. The molecule has 0 aromatic heterocycles. The van der Waals surface area contributed by atoms with Crippen LogP contribution in [0.4, 0.5) is 0 Å². The highest BCUT2D eigenvalue weighted by atomic mass is 16.7. The van der Waals surface area contributed by atoms with Crippen LogP contribution in [0, 0.1) is 5.92 Å². The maximum Gasteiger partial charge on any atom is 0.494 e. The van der Waals surface area contributed by atoms with Gasteiger partial charge in [-0.3, -0.25) is 0 Å². The van der Waals surface area contributed by atoms with E-state index < -0.39 is 0 Å². The highest BCUT2D eigenvalue weighted by Gasteiger charge is 2.51. The molecule has 0 bridgehead atoms. The highest BCUT2D eigenvalue weighted by molar-refractivity contribution is 6.62. The monoisotopic (exact) mass is 288 g/mol. The molecule has 3 rings (SSSR count). The molecule has 1 aliphatic heterocycles. The van der Waals surface area contributed by atoms with Crippen molar-refractivity contribution in [1.29, 1.82) is 0 Å². The zero-order chi connectivity index (χ0) is 15.1. The standard InChI is InChI=1S/C17H25BO3/c1-16(2)17(3,4)21-18(20-16)15-7-5-6-14(10-15)12-19-11-13-8-9-13/h5-7,10,13H,8-9,11-12H2,1-4H3. The largest absolute Gasteiger partial charge is 0.494 e. The van der Waals surface area contributed by atoms with Gasteiger partial charge >= 0.3 is 7.12 Å². The van der Waals surface area contributed by atoms with Gasteiger partial charge in [-0.2, -0.15) is 0 Å². The first kappa shape index (κ1) is 15.1. The average molecular weight is 288 g/mol. The van der Waals surface area contributed by atoms with Gasteiger partial charge in [-0.15, -0.1) is 0 Å². The zero-order valence-electron chi connectivity index (χ0n) is 13.5. The topological polar surface area (TPSA) is 27.7 Å². The van der Waals surface area contributed by atoms with Crippen LogP contribution in [0.25, 0.3) is 0 Å². The fourth-order valence-electron chi connectivity index (χ4n) is 2.44. The minimum atomic E-state index is -0.295. The number of benzene rings is 1. The van der Waals surface area contributed by atoms with E-state index in [1.165, 1.54) is 18.4 Å². The molecule has 0 atom stereocenters. The Labute approximate surface area is 128 Å². The smallest absolute Gasteiger partial charge is 0.399 e. The van der Waals surface area contributed by atoms with Gasteiger partial charge in [0.2, 0.25) is 0 Å². The van der Waals surface area contributed by atoms with Gasteiger partial charge in [-0.25, -0.2) is 0 Å². The molecule has 1 aromatic rings. The first-order valence-corrected chi connectivity index (χ1v) is 7.90. The van der Waals surface area contributed by atoms with Crippen LogP contribution in [0.5, 0.6) is 0 Å². The van der Waals surface area contributed by atoms with Crippen LogP contribution in [-0.2, 0) is 20.7 Å². The van der Waals surface area contributed by atoms with Crippen molar-refractivity contribution in [2.75, 3.05) is 6.61 Å². The SMILES string of the molecule is CC1(C)OB(c2cccc(COCC3CC3)c2)OC1(C)C. The molecule has 1 aliphatic carbocycles. The van der Waals surface area contributed by atoms with Crippen molar-refractivity contribution in [3.63, 3.8) is 0 Å². The van der Waals surface area contributed by atoms with Gasteiger partial charge in [0.15, 0.2) is 0 Å². The normalized spacial score (nSPS) is 23.5. The minimum Gasteiger partial charge on any atom is -0.399 e. The van der Waals surface area contributed by atoms with E-state index in [-0.39, 0.29) is 18.3 Å². The minimum absolute atomic E-state index is 0.293. The molecule has 1 aromatic carbocycles. The number of ether oxygens (including phenoxy) is 1.